The number of aromatic amines is 2. The van der Waals surface area contributed by atoms with E-state index in [1.165, 1.54) is 0 Å². The van der Waals surface area contributed by atoms with E-state index in [0.717, 1.165) is 33.6 Å². The largest absolute Gasteiger partial charge is 0.355 e. The quantitative estimate of drug-likeness (QED) is 0.419. The Morgan fingerprint density at radius 2 is 1.27 bits per heavy atom. The normalized spacial score (nSPS) is 12.5. The fourth-order valence-electron chi connectivity index (χ4n) is 3.09. The van der Waals surface area contributed by atoms with Gasteiger partial charge in [0.05, 0.1) is 28.3 Å². The van der Waals surface area contributed by atoms with Gasteiger partial charge in [-0.15, -0.1) is 4.91 Å². The molecule has 0 spiro atoms. The van der Waals surface area contributed by atoms with E-state index in [2.05, 4.69) is 25.1 Å². The molecular formula is C20H13N5O. The van der Waals surface area contributed by atoms with Crippen LogP contribution in [0, 0.1) is 4.91 Å². The van der Waals surface area contributed by atoms with Crippen LogP contribution in [-0.4, -0.2) is 19.9 Å². The molecule has 0 amide bonds. The Balaban J connectivity index is 1.90. The Labute approximate surface area is 147 Å². The molecule has 8 bridgehead atoms. The van der Waals surface area contributed by atoms with Crippen LogP contribution in [0.2, 0.25) is 0 Å². The SMILES string of the molecule is O=Nc1c2nc(cc3ccc(cc4nc(cc5ccc1[nH]5)C=C4)[nH]3)C=C2. The molecule has 0 saturated heterocycles. The third-order valence-corrected chi connectivity index (χ3v) is 4.28. The van der Waals surface area contributed by atoms with Gasteiger partial charge in [0.15, 0.2) is 5.69 Å². The van der Waals surface area contributed by atoms with Gasteiger partial charge >= 0.3 is 0 Å². The average Bonchev–Trinajstić information content (AvgIpc) is 3.39. The van der Waals surface area contributed by atoms with Crippen molar-refractivity contribution in [2.45, 2.75) is 0 Å². The summed E-state index contributed by atoms with van der Waals surface area (Å²) in [5, 5.41) is 3.19. The van der Waals surface area contributed by atoms with Gasteiger partial charge in [-0.1, -0.05) is 0 Å². The van der Waals surface area contributed by atoms with Crippen molar-refractivity contribution < 1.29 is 0 Å². The van der Waals surface area contributed by atoms with E-state index in [1.807, 2.05) is 60.7 Å². The first-order chi connectivity index (χ1) is 12.8. The number of hydrogen-bond acceptors (Lipinski definition) is 4. The Hall–Kier alpha value is -3.80. The predicted molar refractivity (Wildman–Crippen MR) is 104 cm³/mol. The molecule has 26 heavy (non-hydrogen) atoms. The van der Waals surface area contributed by atoms with E-state index < -0.39 is 0 Å². The third-order valence-electron chi connectivity index (χ3n) is 4.28. The minimum absolute atomic E-state index is 0.285. The lowest BCUT2D eigenvalue weighted by atomic mass is 10.3. The van der Waals surface area contributed by atoms with Crippen LogP contribution >= 0.6 is 0 Å². The van der Waals surface area contributed by atoms with Crippen molar-refractivity contribution in [2.75, 3.05) is 0 Å². The Bertz CT molecular complexity index is 1260. The third kappa shape index (κ3) is 2.53. The van der Waals surface area contributed by atoms with Crippen molar-refractivity contribution in [2.24, 2.45) is 5.18 Å². The summed E-state index contributed by atoms with van der Waals surface area (Å²) in [5.41, 5.74) is 6.66. The summed E-state index contributed by atoms with van der Waals surface area (Å²) in [5.74, 6) is 0. The number of aromatic nitrogens is 4. The van der Waals surface area contributed by atoms with Gasteiger partial charge in [0, 0.05) is 16.6 Å². The maximum absolute atomic E-state index is 11.4. The summed E-state index contributed by atoms with van der Waals surface area (Å²) in [7, 11) is 0. The van der Waals surface area contributed by atoms with Crippen molar-refractivity contribution in [3.05, 3.63) is 70.1 Å². The molecule has 2 aliphatic heterocycles. The maximum atomic E-state index is 11.4. The minimum atomic E-state index is 0.285. The zero-order chi connectivity index (χ0) is 17.5. The van der Waals surface area contributed by atoms with Crippen LogP contribution in [0.3, 0.4) is 0 Å². The Morgan fingerprint density at radius 1 is 0.692 bits per heavy atom. The van der Waals surface area contributed by atoms with Gasteiger partial charge in [-0.3, -0.25) is 0 Å². The molecule has 124 valence electrons. The van der Waals surface area contributed by atoms with E-state index >= 15 is 0 Å². The summed E-state index contributed by atoms with van der Waals surface area (Å²) in [6.07, 6.45) is 7.58. The second-order valence-electron chi connectivity index (χ2n) is 6.12. The number of nitrogens with zero attached hydrogens (tertiary/aromatic N) is 3. The lowest BCUT2D eigenvalue weighted by molar-refractivity contribution is 1.29. The van der Waals surface area contributed by atoms with Gasteiger partial charge in [0.1, 0.15) is 0 Å². The fraction of sp³-hybridized carbons (Fsp3) is 0. The molecule has 5 rings (SSSR count). The summed E-state index contributed by atoms with van der Waals surface area (Å²) in [6, 6.07) is 13.5. The molecule has 0 unspecified atom stereocenters. The molecule has 6 nitrogen and oxygen atoms in total. The zero-order valence-electron chi connectivity index (χ0n) is 13.6. The molecular weight excluding hydrogens is 326 g/mol. The monoisotopic (exact) mass is 339 g/mol. The average molecular weight is 339 g/mol. The molecule has 5 heterocycles. The Morgan fingerprint density at radius 3 is 1.96 bits per heavy atom. The second-order valence-corrected chi connectivity index (χ2v) is 6.12. The highest BCUT2D eigenvalue weighted by Crippen LogP contribution is 2.26. The molecule has 0 radical (unpaired) electrons. The lowest BCUT2D eigenvalue weighted by Gasteiger charge is -1.90. The van der Waals surface area contributed by atoms with Gasteiger partial charge in [-0.05, 0) is 71.9 Å². The molecule has 2 N–H and O–H groups in total. The zero-order valence-corrected chi connectivity index (χ0v) is 13.6. The first-order valence-electron chi connectivity index (χ1n) is 8.18. The highest BCUT2D eigenvalue weighted by Gasteiger charge is 2.08. The molecule has 0 aromatic carbocycles. The van der Waals surface area contributed by atoms with E-state index in [0.29, 0.717) is 11.2 Å². The lowest BCUT2D eigenvalue weighted by Crippen LogP contribution is -1.77. The van der Waals surface area contributed by atoms with E-state index in [1.54, 1.807) is 6.08 Å². The van der Waals surface area contributed by atoms with Gasteiger partial charge in [0.2, 0.25) is 0 Å². The van der Waals surface area contributed by atoms with E-state index in [4.69, 9.17) is 0 Å². The molecule has 3 aromatic heterocycles. The van der Waals surface area contributed by atoms with Crippen molar-refractivity contribution in [3.63, 3.8) is 0 Å². The molecule has 2 aliphatic rings. The smallest absolute Gasteiger partial charge is 0.157 e. The topological polar surface area (TPSA) is 86.8 Å². The van der Waals surface area contributed by atoms with Crippen LogP contribution in [0.1, 0.15) is 22.8 Å². The van der Waals surface area contributed by atoms with Gasteiger partial charge in [-0.2, -0.15) is 0 Å². The van der Waals surface area contributed by atoms with E-state index in [-0.39, 0.29) is 5.69 Å². The van der Waals surface area contributed by atoms with Crippen molar-refractivity contribution in [1.29, 1.82) is 0 Å². The molecule has 3 aromatic rings. The van der Waals surface area contributed by atoms with Crippen LogP contribution < -0.4 is 0 Å². The summed E-state index contributed by atoms with van der Waals surface area (Å²) in [4.78, 5) is 27.0. The van der Waals surface area contributed by atoms with Crippen LogP contribution in [0.25, 0.3) is 46.4 Å². The summed E-state index contributed by atoms with van der Waals surface area (Å²) >= 11 is 0. The van der Waals surface area contributed by atoms with Crippen LogP contribution in [0.15, 0.2) is 47.6 Å². The van der Waals surface area contributed by atoms with Gasteiger partial charge < -0.3 is 9.97 Å². The minimum Gasteiger partial charge on any atom is -0.355 e. The highest BCUT2D eigenvalue weighted by atomic mass is 16.3. The maximum Gasteiger partial charge on any atom is 0.157 e. The molecule has 6 heteroatoms. The Kier molecular flexibility index (Phi) is 3.15. The van der Waals surface area contributed by atoms with Crippen LogP contribution in [-0.2, 0) is 0 Å². The van der Waals surface area contributed by atoms with Gasteiger partial charge in [0.25, 0.3) is 0 Å². The first-order valence-corrected chi connectivity index (χ1v) is 8.18. The highest BCUT2D eigenvalue weighted by molar-refractivity contribution is 5.85. The number of rotatable bonds is 1. The van der Waals surface area contributed by atoms with Crippen LogP contribution in [0.5, 0.6) is 0 Å². The molecule has 0 aliphatic carbocycles. The predicted octanol–water partition coefficient (Wildman–Crippen LogP) is 5.05. The number of H-pyrrole nitrogens is 2. The molecule has 0 saturated carbocycles. The molecule has 0 atom stereocenters. The number of nitrogens with one attached hydrogen (secondary N) is 2. The second kappa shape index (κ2) is 5.63. The van der Waals surface area contributed by atoms with Gasteiger partial charge in [-0.25, -0.2) is 9.97 Å². The first kappa shape index (κ1) is 14.5. The number of fused-ring (bicyclic) bond motifs is 8. The van der Waals surface area contributed by atoms with E-state index in [9.17, 15) is 4.91 Å². The number of nitroso groups, excluding NO2 is 1. The molecule has 0 fully saturated rings. The fourth-order valence-corrected chi connectivity index (χ4v) is 3.09. The van der Waals surface area contributed by atoms with Crippen molar-refractivity contribution in [1.82, 2.24) is 19.9 Å². The summed E-state index contributed by atoms with van der Waals surface area (Å²) < 4.78 is 0. The van der Waals surface area contributed by atoms with Crippen molar-refractivity contribution in [3.8, 4) is 0 Å². The standard InChI is InChI=1S/C20H13N5O/c26-25-20-18-7-5-16(23-18)10-14-3-1-12(21-14)9-13-2-4-15(22-13)11-17-6-8-19(20)24-17/h1-11,21,24H. The van der Waals surface area contributed by atoms with Crippen molar-refractivity contribution >= 4 is 52.1 Å². The summed E-state index contributed by atoms with van der Waals surface area (Å²) in [6.45, 7) is 0. The number of hydrogen-bond donors (Lipinski definition) is 2. The van der Waals surface area contributed by atoms with Crippen LogP contribution in [0.4, 0.5) is 5.69 Å².